The van der Waals surface area contributed by atoms with Gasteiger partial charge in [0.1, 0.15) is 0 Å². The van der Waals surface area contributed by atoms with Crippen molar-refractivity contribution in [2.45, 2.75) is 18.0 Å². The summed E-state index contributed by atoms with van der Waals surface area (Å²) in [5, 5.41) is 9.96. The zero-order valence-electron chi connectivity index (χ0n) is 15.3. The number of rotatable bonds is 8. The van der Waals surface area contributed by atoms with Gasteiger partial charge < -0.3 is 10.00 Å². The van der Waals surface area contributed by atoms with Crippen molar-refractivity contribution in [3.05, 3.63) is 102 Å². The predicted molar refractivity (Wildman–Crippen MR) is 109 cm³/mol. The van der Waals surface area contributed by atoms with Crippen molar-refractivity contribution in [1.82, 2.24) is 4.98 Å². The number of hydrogen-bond donors (Lipinski definition) is 2. The molecule has 0 bridgehead atoms. The Kier molecular flexibility index (Phi) is 6.40. The third-order valence-corrected chi connectivity index (χ3v) is 7.09. The van der Waals surface area contributed by atoms with Crippen LogP contribution in [0.4, 0.5) is 0 Å². The Balaban J connectivity index is 2.01. The standard InChI is InChI=1S/C22H22NO4P/c24-22(25)20(18-9-3-1-4-10-18)21(19-11-5-2-6-12-19)28(26,27)15-13-17-8-7-14-23-16-17/h1-12,14,16,20-21H,13,15H2,(H,24,25)(H,26,27). The van der Waals surface area contributed by atoms with Crippen LogP contribution in [0, 0.1) is 0 Å². The lowest BCUT2D eigenvalue weighted by Gasteiger charge is -2.29. The maximum Gasteiger partial charge on any atom is 0.312 e. The minimum atomic E-state index is -3.87. The average Bonchev–Trinajstić information content (AvgIpc) is 2.72. The number of carboxylic acids is 1. The summed E-state index contributed by atoms with van der Waals surface area (Å²) in [6.07, 6.45) is 3.63. The van der Waals surface area contributed by atoms with Crippen molar-refractivity contribution in [2.24, 2.45) is 0 Å². The topological polar surface area (TPSA) is 87.5 Å². The molecule has 144 valence electrons. The SMILES string of the molecule is O=C(O)C(c1ccccc1)C(c1ccccc1)P(=O)(O)CCc1cccnc1. The summed E-state index contributed by atoms with van der Waals surface area (Å²) in [4.78, 5) is 27.3. The van der Waals surface area contributed by atoms with Gasteiger partial charge in [0.15, 0.2) is 0 Å². The van der Waals surface area contributed by atoms with Gasteiger partial charge >= 0.3 is 5.97 Å². The van der Waals surface area contributed by atoms with Crippen LogP contribution in [0.15, 0.2) is 85.2 Å². The number of aryl methyl sites for hydroxylation is 1. The highest BCUT2D eigenvalue weighted by molar-refractivity contribution is 7.58. The van der Waals surface area contributed by atoms with Crippen LogP contribution in [0.1, 0.15) is 28.3 Å². The Labute approximate surface area is 164 Å². The molecule has 2 aromatic carbocycles. The summed E-state index contributed by atoms with van der Waals surface area (Å²) in [5.74, 6) is -2.23. The van der Waals surface area contributed by atoms with Crippen molar-refractivity contribution in [3.8, 4) is 0 Å². The summed E-state index contributed by atoms with van der Waals surface area (Å²) in [5.41, 5.74) is 0.871. The van der Waals surface area contributed by atoms with E-state index in [9.17, 15) is 19.4 Å². The molecule has 0 amide bonds. The van der Waals surface area contributed by atoms with Crippen molar-refractivity contribution in [3.63, 3.8) is 0 Å². The number of benzene rings is 2. The highest BCUT2D eigenvalue weighted by Crippen LogP contribution is 2.61. The Morgan fingerprint density at radius 1 is 0.929 bits per heavy atom. The van der Waals surface area contributed by atoms with E-state index in [-0.39, 0.29) is 6.16 Å². The molecule has 28 heavy (non-hydrogen) atoms. The first-order valence-corrected chi connectivity index (χ1v) is 10.9. The molecule has 0 fully saturated rings. The van der Waals surface area contributed by atoms with Crippen molar-refractivity contribution < 1.29 is 19.4 Å². The normalized spacial score (nSPS) is 15.3. The van der Waals surface area contributed by atoms with Gasteiger partial charge in [-0.1, -0.05) is 66.7 Å². The maximum atomic E-state index is 13.5. The Hall–Kier alpha value is -2.75. The number of nitrogens with zero attached hydrogens (tertiary/aromatic N) is 1. The fourth-order valence-corrected chi connectivity index (χ4v) is 5.66. The van der Waals surface area contributed by atoms with E-state index in [2.05, 4.69) is 4.98 Å². The van der Waals surface area contributed by atoms with Crippen LogP contribution in [-0.4, -0.2) is 27.1 Å². The highest BCUT2D eigenvalue weighted by Gasteiger charge is 2.42. The zero-order chi connectivity index (χ0) is 20.0. The smallest absolute Gasteiger partial charge is 0.312 e. The molecule has 0 saturated heterocycles. The second-order valence-corrected chi connectivity index (χ2v) is 9.19. The second-order valence-electron chi connectivity index (χ2n) is 6.67. The third-order valence-electron chi connectivity index (χ3n) is 4.76. The van der Waals surface area contributed by atoms with Crippen LogP contribution in [0.5, 0.6) is 0 Å². The van der Waals surface area contributed by atoms with Gasteiger partial charge in [-0.05, 0) is 29.2 Å². The Morgan fingerprint density at radius 3 is 2.07 bits per heavy atom. The molecule has 1 heterocycles. The minimum Gasteiger partial charge on any atom is -0.481 e. The lowest BCUT2D eigenvalue weighted by Crippen LogP contribution is -2.22. The Morgan fingerprint density at radius 2 is 1.54 bits per heavy atom. The van der Waals surface area contributed by atoms with Crippen LogP contribution < -0.4 is 0 Å². The van der Waals surface area contributed by atoms with Gasteiger partial charge in [-0.15, -0.1) is 0 Å². The number of aromatic nitrogens is 1. The molecule has 6 heteroatoms. The van der Waals surface area contributed by atoms with E-state index in [0.717, 1.165) is 5.56 Å². The van der Waals surface area contributed by atoms with Gasteiger partial charge in [-0.3, -0.25) is 14.3 Å². The van der Waals surface area contributed by atoms with Crippen LogP contribution in [0.25, 0.3) is 0 Å². The number of carboxylic acid groups (broad SMARTS) is 1. The van der Waals surface area contributed by atoms with E-state index in [1.807, 2.05) is 6.07 Å². The number of hydrogen-bond acceptors (Lipinski definition) is 3. The number of pyridine rings is 1. The Bertz CT molecular complexity index is 948. The molecule has 5 nitrogen and oxygen atoms in total. The summed E-state index contributed by atoms with van der Waals surface area (Å²) in [6.45, 7) is 0. The summed E-state index contributed by atoms with van der Waals surface area (Å²) >= 11 is 0. The average molecular weight is 395 g/mol. The molecule has 3 rings (SSSR count). The lowest BCUT2D eigenvalue weighted by atomic mass is 9.91. The minimum absolute atomic E-state index is 0.0190. The monoisotopic (exact) mass is 395 g/mol. The molecule has 0 aliphatic rings. The third kappa shape index (κ3) is 4.75. The molecule has 1 aromatic heterocycles. The van der Waals surface area contributed by atoms with Crippen LogP contribution in [0.3, 0.4) is 0 Å². The number of aliphatic carboxylic acids is 1. The second kappa shape index (κ2) is 8.96. The van der Waals surface area contributed by atoms with E-state index in [1.165, 1.54) is 0 Å². The molecule has 0 spiro atoms. The van der Waals surface area contributed by atoms with E-state index in [0.29, 0.717) is 17.5 Å². The van der Waals surface area contributed by atoms with Gasteiger partial charge in [0.25, 0.3) is 0 Å². The van der Waals surface area contributed by atoms with Gasteiger partial charge in [0.2, 0.25) is 7.37 Å². The van der Waals surface area contributed by atoms with Crippen LogP contribution in [-0.2, 0) is 15.8 Å². The highest BCUT2D eigenvalue weighted by atomic mass is 31.2. The molecular formula is C22H22NO4P. The molecule has 3 aromatic rings. The van der Waals surface area contributed by atoms with Gasteiger partial charge in [0, 0.05) is 18.6 Å². The molecule has 0 aliphatic heterocycles. The number of carbonyl (C=O) groups is 1. The molecular weight excluding hydrogens is 373 g/mol. The van der Waals surface area contributed by atoms with Crippen LogP contribution in [0.2, 0.25) is 0 Å². The summed E-state index contributed by atoms with van der Waals surface area (Å²) in [6, 6.07) is 21.0. The first-order chi connectivity index (χ1) is 13.5. The fraction of sp³-hybridized carbons (Fsp3) is 0.182. The van der Waals surface area contributed by atoms with E-state index in [4.69, 9.17) is 0 Å². The predicted octanol–water partition coefficient (Wildman–Crippen LogP) is 4.50. The van der Waals surface area contributed by atoms with Crippen molar-refractivity contribution in [2.75, 3.05) is 6.16 Å². The molecule has 0 saturated carbocycles. The summed E-state index contributed by atoms with van der Waals surface area (Å²) < 4.78 is 13.5. The molecule has 3 unspecified atom stereocenters. The van der Waals surface area contributed by atoms with Gasteiger partial charge in [-0.2, -0.15) is 0 Å². The largest absolute Gasteiger partial charge is 0.481 e. The van der Waals surface area contributed by atoms with E-state index in [1.54, 1.807) is 79.1 Å². The van der Waals surface area contributed by atoms with E-state index < -0.39 is 24.9 Å². The van der Waals surface area contributed by atoms with Gasteiger partial charge in [-0.25, -0.2) is 0 Å². The molecule has 0 aliphatic carbocycles. The molecule has 2 N–H and O–H groups in total. The first-order valence-electron chi connectivity index (χ1n) is 9.02. The van der Waals surface area contributed by atoms with Crippen molar-refractivity contribution in [1.29, 1.82) is 0 Å². The first kappa shape index (κ1) is 20.0. The van der Waals surface area contributed by atoms with E-state index >= 15 is 0 Å². The van der Waals surface area contributed by atoms with Crippen LogP contribution >= 0.6 is 7.37 Å². The van der Waals surface area contributed by atoms with Crippen molar-refractivity contribution >= 4 is 13.3 Å². The summed E-state index contributed by atoms with van der Waals surface area (Å²) in [7, 11) is -3.87. The molecule has 3 atom stereocenters. The maximum absolute atomic E-state index is 13.5. The zero-order valence-corrected chi connectivity index (χ0v) is 16.2. The lowest BCUT2D eigenvalue weighted by molar-refractivity contribution is -0.139. The van der Waals surface area contributed by atoms with Gasteiger partial charge in [0.05, 0.1) is 11.6 Å². The quantitative estimate of drug-likeness (QED) is 0.548. The fourth-order valence-electron chi connectivity index (χ4n) is 3.40. The molecule has 0 radical (unpaired) electrons.